The maximum absolute atomic E-state index is 12.0. The van der Waals surface area contributed by atoms with Gasteiger partial charge in [-0.15, -0.1) is 11.8 Å². The minimum Gasteiger partial charge on any atom is -0.399 e. The SMILES string of the molecule is CCc1nn2c(=O)cc(CSc3ccc(N)cc3)nc2s1. The van der Waals surface area contributed by atoms with E-state index in [1.165, 1.54) is 15.9 Å². The summed E-state index contributed by atoms with van der Waals surface area (Å²) < 4.78 is 1.38. The Bertz CT molecular complexity index is 823. The third kappa shape index (κ3) is 3.08. The fourth-order valence-electron chi connectivity index (χ4n) is 1.83. The number of nitrogen functional groups attached to an aromatic ring is 1. The van der Waals surface area contributed by atoms with E-state index in [-0.39, 0.29) is 5.56 Å². The monoisotopic (exact) mass is 318 g/mol. The zero-order valence-electron chi connectivity index (χ0n) is 11.4. The summed E-state index contributed by atoms with van der Waals surface area (Å²) >= 11 is 3.09. The molecule has 0 aliphatic carbocycles. The van der Waals surface area contributed by atoms with Crippen LogP contribution in [0.2, 0.25) is 0 Å². The van der Waals surface area contributed by atoms with E-state index in [0.29, 0.717) is 10.7 Å². The van der Waals surface area contributed by atoms with E-state index in [1.807, 2.05) is 31.2 Å². The molecular formula is C14H14N4OS2. The predicted molar refractivity (Wildman–Crippen MR) is 86.9 cm³/mol. The van der Waals surface area contributed by atoms with Gasteiger partial charge in [0.2, 0.25) is 4.96 Å². The topological polar surface area (TPSA) is 73.3 Å². The lowest BCUT2D eigenvalue weighted by molar-refractivity contribution is 0.852. The summed E-state index contributed by atoms with van der Waals surface area (Å²) in [4.78, 5) is 18.3. The van der Waals surface area contributed by atoms with Crippen LogP contribution >= 0.6 is 23.1 Å². The molecule has 1 aromatic carbocycles. The van der Waals surface area contributed by atoms with Crippen molar-refractivity contribution in [2.24, 2.45) is 0 Å². The Balaban J connectivity index is 1.83. The first kappa shape index (κ1) is 14.1. The average molecular weight is 318 g/mol. The van der Waals surface area contributed by atoms with Gasteiger partial charge in [0.15, 0.2) is 0 Å². The molecular weight excluding hydrogens is 304 g/mol. The van der Waals surface area contributed by atoms with Crippen molar-refractivity contribution in [3.8, 4) is 0 Å². The van der Waals surface area contributed by atoms with E-state index >= 15 is 0 Å². The Kier molecular flexibility index (Phi) is 3.94. The van der Waals surface area contributed by atoms with Crippen molar-refractivity contribution in [2.75, 3.05) is 5.73 Å². The molecule has 0 saturated heterocycles. The molecule has 0 atom stereocenters. The molecule has 7 heteroatoms. The van der Waals surface area contributed by atoms with Gasteiger partial charge < -0.3 is 5.73 Å². The molecule has 0 unspecified atom stereocenters. The number of aryl methyl sites for hydroxylation is 1. The van der Waals surface area contributed by atoms with Gasteiger partial charge in [-0.3, -0.25) is 4.79 Å². The number of aromatic nitrogens is 3. The van der Waals surface area contributed by atoms with Crippen molar-refractivity contribution in [2.45, 2.75) is 24.0 Å². The number of rotatable bonds is 4. The van der Waals surface area contributed by atoms with E-state index < -0.39 is 0 Å². The van der Waals surface area contributed by atoms with Crippen LogP contribution in [0.15, 0.2) is 40.0 Å². The molecule has 0 aliphatic rings. The molecule has 3 rings (SSSR count). The van der Waals surface area contributed by atoms with Crippen LogP contribution in [0, 0.1) is 0 Å². The molecule has 0 radical (unpaired) electrons. The first-order chi connectivity index (χ1) is 10.2. The second kappa shape index (κ2) is 5.87. The molecule has 0 fully saturated rings. The van der Waals surface area contributed by atoms with Crippen LogP contribution in [0.3, 0.4) is 0 Å². The average Bonchev–Trinajstić information content (AvgIpc) is 2.90. The quantitative estimate of drug-likeness (QED) is 0.591. The minimum absolute atomic E-state index is 0.121. The van der Waals surface area contributed by atoms with Gasteiger partial charge in [-0.05, 0) is 30.7 Å². The van der Waals surface area contributed by atoms with Crippen molar-refractivity contribution in [1.29, 1.82) is 0 Å². The number of thioether (sulfide) groups is 1. The Morgan fingerprint density at radius 3 is 2.81 bits per heavy atom. The molecule has 0 amide bonds. The Hall–Kier alpha value is -1.86. The van der Waals surface area contributed by atoms with Crippen molar-refractivity contribution in [3.05, 3.63) is 51.4 Å². The lowest BCUT2D eigenvalue weighted by Gasteiger charge is -2.02. The first-order valence-electron chi connectivity index (χ1n) is 6.52. The summed E-state index contributed by atoms with van der Waals surface area (Å²) in [6.07, 6.45) is 0.809. The number of hydrogen-bond donors (Lipinski definition) is 1. The predicted octanol–water partition coefficient (Wildman–Crippen LogP) is 2.59. The van der Waals surface area contributed by atoms with E-state index in [1.54, 1.807) is 17.8 Å². The van der Waals surface area contributed by atoms with Crippen LogP contribution in [-0.4, -0.2) is 14.6 Å². The van der Waals surface area contributed by atoms with E-state index in [4.69, 9.17) is 5.73 Å². The number of nitrogens with zero attached hydrogens (tertiary/aromatic N) is 3. The molecule has 0 saturated carbocycles. The molecule has 0 aliphatic heterocycles. The Labute approximate surface area is 129 Å². The van der Waals surface area contributed by atoms with E-state index in [0.717, 1.165) is 27.7 Å². The maximum Gasteiger partial charge on any atom is 0.275 e. The Morgan fingerprint density at radius 1 is 1.33 bits per heavy atom. The highest BCUT2D eigenvalue weighted by Gasteiger charge is 2.08. The zero-order chi connectivity index (χ0) is 14.8. The Morgan fingerprint density at radius 2 is 2.10 bits per heavy atom. The van der Waals surface area contributed by atoms with Crippen LogP contribution in [0.25, 0.3) is 4.96 Å². The van der Waals surface area contributed by atoms with Crippen LogP contribution in [0.1, 0.15) is 17.6 Å². The van der Waals surface area contributed by atoms with Crippen LogP contribution in [0.4, 0.5) is 5.69 Å². The van der Waals surface area contributed by atoms with Crippen molar-refractivity contribution >= 4 is 33.7 Å². The highest BCUT2D eigenvalue weighted by molar-refractivity contribution is 7.98. The summed E-state index contributed by atoms with van der Waals surface area (Å²) in [6.45, 7) is 2.01. The van der Waals surface area contributed by atoms with Crippen LogP contribution < -0.4 is 11.3 Å². The number of nitrogens with two attached hydrogens (primary N) is 1. The minimum atomic E-state index is -0.121. The summed E-state index contributed by atoms with van der Waals surface area (Å²) in [6, 6.07) is 9.21. The van der Waals surface area contributed by atoms with E-state index in [2.05, 4.69) is 10.1 Å². The second-order valence-electron chi connectivity index (χ2n) is 4.49. The fraction of sp³-hybridized carbons (Fsp3) is 0.214. The second-order valence-corrected chi connectivity index (χ2v) is 6.58. The fourth-order valence-corrected chi connectivity index (χ4v) is 3.48. The first-order valence-corrected chi connectivity index (χ1v) is 8.33. The number of benzene rings is 1. The van der Waals surface area contributed by atoms with Gasteiger partial charge in [0, 0.05) is 22.4 Å². The maximum atomic E-state index is 12.0. The lowest BCUT2D eigenvalue weighted by Crippen LogP contribution is -2.15. The van der Waals surface area contributed by atoms with E-state index in [9.17, 15) is 4.79 Å². The number of hydrogen-bond acceptors (Lipinski definition) is 6. The van der Waals surface area contributed by atoms with Gasteiger partial charge in [0.1, 0.15) is 5.01 Å². The normalized spacial score (nSPS) is 11.1. The molecule has 0 bridgehead atoms. The summed E-state index contributed by atoms with van der Waals surface area (Å²) in [5.74, 6) is 0.648. The number of fused-ring (bicyclic) bond motifs is 1. The molecule has 2 heterocycles. The van der Waals surface area contributed by atoms with Gasteiger partial charge in [-0.2, -0.15) is 9.61 Å². The zero-order valence-corrected chi connectivity index (χ0v) is 13.1. The molecule has 3 aromatic rings. The smallest absolute Gasteiger partial charge is 0.275 e. The third-order valence-electron chi connectivity index (χ3n) is 2.91. The van der Waals surface area contributed by atoms with Crippen LogP contribution in [0.5, 0.6) is 0 Å². The molecule has 21 heavy (non-hydrogen) atoms. The van der Waals surface area contributed by atoms with Gasteiger partial charge >= 0.3 is 0 Å². The number of anilines is 1. The van der Waals surface area contributed by atoms with Crippen LogP contribution in [-0.2, 0) is 12.2 Å². The summed E-state index contributed by atoms with van der Waals surface area (Å²) in [7, 11) is 0. The lowest BCUT2D eigenvalue weighted by atomic mass is 10.3. The molecule has 0 spiro atoms. The molecule has 2 aromatic heterocycles. The molecule has 108 valence electrons. The molecule has 2 N–H and O–H groups in total. The molecule has 5 nitrogen and oxygen atoms in total. The van der Waals surface area contributed by atoms with Gasteiger partial charge in [-0.25, -0.2) is 4.98 Å². The van der Waals surface area contributed by atoms with Crippen molar-refractivity contribution < 1.29 is 0 Å². The van der Waals surface area contributed by atoms with Crippen molar-refractivity contribution in [3.63, 3.8) is 0 Å². The summed E-state index contributed by atoms with van der Waals surface area (Å²) in [5.41, 5.74) is 7.05. The van der Waals surface area contributed by atoms with Gasteiger partial charge in [0.25, 0.3) is 5.56 Å². The van der Waals surface area contributed by atoms with Gasteiger partial charge in [-0.1, -0.05) is 18.3 Å². The van der Waals surface area contributed by atoms with Gasteiger partial charge in [0.05, 0.1) is 5.69 Å². The highest BCUT2D eigenvalue weighted by atomic mass is 32.2. The highest BCUT2D eigenvalue weighted by Crippen LogP contribution is 2.23. The summed E-state index contributed by atoms with van der Waals surface area (Å²) in [5, 5.41) is 5.16. The third-order valence-corrected chi connectivity index (χ3v) is 5.01. The largest absolute Gasteiger partial charge is 0.399 e. The standard InChI is InChI=1S/C14H14N4OS2/c1-2-12-17-18-13(19)7-10(16-14(18)21-12)8-20-11-5-3-9(15)4-6-11/h3-7H,2,8,15H2,1H3. The van der Waals surface area contributed by atoms with Crippen molar-refractivity contribution in [1.82, 2.24) is 14.6 Å².